The van der Waals surface area contributed by atoms with Gasteiger partial charge in [-0.05, 0) is 26.3 Å². The Hall–Kier alpha value is -3.79. The van der Waals surface area contributed by atoms with Gasteiger partial charge < -0.3 is 19.4 Å². The quantitative estimate of drug-likeness (QED) is 0.353. The Morgan fingerprint density at radius 1 is 1.26 bits per heavy atom. The highest BCUT2D eigenvalue weighted by Crippen LogP contribution is 2.32. The maximum atomic E-state index is 11.5. The summed E-state index contributed by atoms with van der Waals surface area (Å²) in [5, 5.41) is 8.30. The zero-order chi connectivity index (χ0) is 27.0. The molecule has 1 saturated heterocycles. The lowest BCUT2D eigenvalue weighted by molar-refractivity contribution is -0.116. The lowest BCUT2D eigenvalue weighted by atomic mass is 9.92. The van der Waals surface area contributed by atoms with E-state index < -0.39 is 0 Å². The standard InChI is InChI=1S/C28H35N7O3/c1-17(36)11-20-12-21(7-9-29-20)38-22-14-30-26-25(18(22)2)34(6)27(32-26)31-24-13-23(28(3,4)5)35(33-24)15-19-8-10-37-16-19/h7,9,12-14,19H,8,10-11,15-16H2,1-6H3,(H,30,31,32,33). The van der Waals surface area contributed by atoms with Gasteiger partial charge >= 0.3 is 0 Å². The van der Waals surface area contributed by atoms with E-state index in [4.69, 9.17) is 19.6 Å². The Labute approximate surface area is 222 Å². The molecule has 0 saturated carbocycles. The number of Topliss-reactive ketones (excluding diaryl/α,β-unsaturated/α-hetero) is 1. The molecule has 200 valence electrons. The number of pyridine rings is 2. The van der Waals surface area contributed by atoms with Crippen LogP contribution >= 0.6 is 0 Å². The van der Waals surface area contributed by atoms with E-state index in [-0.39, 0.29) is 17.6 Å². The molecule has 38 heavy (non-hydrogen) atoms. The minimum Gasteiger partial charge on any atom is -0.455 e. The first kappa shape index (κ1) is 25.8. The van der Waals surface area contributed by atoms with Crippen molar-refractivity contribution in [2.24, 2.45) is 13.0 Å². The number of hydrogen-bond donors (Lipinski definition) is 1. The Kier molecular flexibility index (Phi) is 6.92. The van der Waals surface area contributed by atoms with Crippen LogP contribution in [0.2, 0.25) is 0 Å². The van der Waals surface area contributed by atoms with Crippen LogP contribution in [0.3, 0.4) is 0 Å². The molecule has 0 aliphatic carbocycles. The number of aryl methyl sites for hydroxylation is 2. The molecule has 10 nitrogen and oxygen atoms in total. The average Bonchev–Trinajstić information content (AvgIpc) is 3.56. The number of carbonyl (C=O) groups is 1. The summed E-state index contributed by atoms with van der Waals surface area (Å²) < 4.78 is 15.8. The van der Waals surface area contributed by atoms with Crippen LogP contribution in [0.1, 0.15) is 51.1 Å². The maximum Gasteiger partial charge on any atom is 0.210 e. The van der Waals surface area contributed by atoms with E-state index in [1.807, 2.05) is 18.5 Å². The number of anilines is 2. The van der Waals surface area contributed by atoms with Crippen LogP contribution < -0.4 is 10.1 Å². The second-order valence-electron chi connectivity index (χ2n) is 11.1. The number of imidazole rings is 1. The van der Waals surface area contributed by atoms with E-state index in [0.717, 1.165) is 48.8 Å². The molecule has 1 atom stereocenters. The summed E-state index contributed by atoms with van der Waals surface area (Å²) in [6.07, 6.45) is 4.65. The summed E-state index contributed by atoms with van der Waals surface area (Å²) in [7, 11) is 1.95. The van der Waals surface area contributed by atoms with E-state index in [2.05, 4.69) is 46.8 Å². The first-order chi connectivity index (χ1) is 18.1. The molecule has 0 bridgehead atoms. The van der Waals surface area contributed by atoms with Gasteiger partial charge in [-0.2, -0.15) is 10.1 Å². The minimum absolute atomic E-state index is 0.0517. The number of ether oxygens (including phenoxy) is 2. The molecule has 0 amide bonds. The Morgan fingerprint density at radius 3 is 2.79 bits per heavy atom. The van der Waals surface area contributed by atoms with Crippen molar-refractivity contribution in [3.8, 4) is 11.5 Å². The Bertz CT molecular complexity index is 1480. The van der Waals surface area contributed by atoms with Gasteiger partial charge in [0.2, 0.25) is 5.95 Å². The van der Waals surface area contributed by atoms with Crippen molar-refractivity contribution in [3.63, 3.8) is 0 Å². The Morgan fingerprint density at radius 2 is 2.08 bits per heavy atom. The Balaban J connectivity index is 1.42. The minimum atomic E-state index is -0.0552. The highest BCUT2D eigenvalue weighted by atomic mass is 16.5. The van der Waals surface area contributed by atoms with Crippen molar-refractivity contribution in [1.29, 1.82) is 0 Å². The van der Waals surface area contributed by atoms with E-state index in [0.29, 0.717) is 34.7 Å². The van der Waals surface area contributed by atoms with Crippen LogP contribution in [-0.4, -0.2) is 48.3 Å². The number of aromatic nitrogens is 6. The molecule has 4 aromatic heterocycles. The molecular weight excluding hydrogens is 482 g/mol. The fourth-order valence-corrected chi connectivity index (χ4v) is 4.85. The molecule has 5 heterocycles. The zero-order valence-electron chi connectivity index (χ0n) is 22.9. The molecule has 1 fully saturated rings. The number of fused-ring (bicyclic) bond motifs is 1. The second-order valence-corrected chi connectivity index (χ2v) is 11.1. The summed E-state index contributed by atoms with van der Waals surface area (Å²) in [4.78, 5) is 25.0. The van der Waals surface area contributed by atoms with Crippen LogP contribution in [0, 0.1) is 12.8 Å². The molecule has 1 aliphatic heterocycles. The molecule has 10 heteroatoms. The third kappa shape index (κ3) is 5.40. The fraction of sp³-hybridized carbons (Fsp3) is 0.464. The van der Waals surface area contributed by atoms with Crippen molar-refractivity contribution >= 4 is 28.7 Å². The SMILES string of the molecule is CC(=O)Cc1cc(Oc2cnc3nc(Nc4cc(C(C)(C)C)n(CC5CCOC5)n4)n(C)c3c2C)ccn1. The first-order valence-electron chi connectivity index (χ1n) is 13.0. The van der Waals surface area contributed by atoms with E-state index in [9.17, 15) is 4.79 Å². The molecule has 4 aromatic rings. The summed E-state index contributed by atoms with van der Waals surface area (Å²) in [5.41, 5.74) is 4.16. The lowest BCUT2D eigenvalue weighted by Gasteiger charge is -2.21. The number of nitrogens with one attached hydrogen (secondary N) is 1. The maximum absolute atomic E-state index is 11.5. The fourth-order valence-electron chi connectivity index (χ4n) is 4.85. The molecule has 5 rings (SSSR count). The van der Waals surface area contributed by atoms with Crippen LogP contribution in [0.15, 0.2) is 30.6 Å². The lowest BCUT2D eigenvalue weighted by Crippen LogP contribution is -2.21. The van der Waals surface area contributed by atoms with Crippen molar-refractivity contribution in [2.75, 3.05) is 18.5 Å². The monoisotopic (exact) mass is 517 g/mol. The summed E-state index contributed by atoms with van der Waals surface area (Å²) in [5.74, 6) is 3.14. The normalized spacial score (nSPS) is 15.8. The van der Waals surface area contributed by atoms with Crippen LogP contribution in [0.4, 0.5) is 11.8 Å². The van der Waals surface area contributed by atoms with E-state index in [1.54, 1.807) is 31.5 Å². The topological polar surface area (TPSA) is 109 Å². The van der Waals surface area contributed by atoms with E-state index >= 15 is 0 Å². The number of nitrogens with zero attached hydrogens (tertiary/aromatic N) is 6. The molecule has 0 spiro atoms. The molecule has 1 aliphatic rings. The molecule has 1 unspecified atom stereocenters. The van der Waals surface area contributed by atoms with Gasteiger partial charge in [0.25, 0.3) is 0 Å². The first-order valence-corrected chi connectivity index (χ1v) is 13.0. The third-order valence-corrected chi connectivity index (χ3v) is 6.79. The molecule has 0 radical (unpaired) electrons. The summed E-state index contributed by atoms with van der Waals surface area (Å²) in [6.45, 7) is 12.6. The van der Waals surface area contributed by atoms with Gasteiger partial charge in [0.15, 0.2) is 17.2 Å². The molecule has 0 aromatic carbocycles. The highest BCUT2D eigenvalue weighted by molar-refractivity contribution is 5.81. The van der Waals surface area contributed by atoms with Gasteiger partial charge in [-0.1, -0.05) is 20.8 Å². The van der Waals surface area contributed by atoms with Crippen molar-refractivity contribution < 1.29 is 14.3 Å². The van der Waals surface area contributed by atoms with Crippen molar-refractivity contribution in [3.05, 3.63) is 47.5 Å². The van der Waals surface area contributed by atoms with E-state index in [1.165, 1.54) is 0 Å². The predicted octanol–water partition coefficient (Wildman–Crippen LogP) is 4.87. The summed E-state index contributed by atoms with van der Waals surface area (Å²) >= 11 is 0. The summed E-state index contributed by atoms with van der Waals surface area (Å²) in [6, 6.07) is 5.65. The largest absolute Gasteiger partial charge is 0.455 e. The van der Waals surface area contributed by atoms with Gasteiger partial charge in [0, 0.05) is 67.5 Å². The van der Waals surface area contributed by atoms with Gasteiger partial charge in [-0.15, -0.1) is 0 Å². The average molecular weight is 518 g/mol. The van der Waals surface area contributed by atoms with Crippen LogP contribution in [-0.2, 0) is 35.0 Å². The van der Waals surface area contributed by atoms with Crippen LogP contribution in [0.25, 0.3) is 11.2 Å². The number of hydrogen-bond acceptors (Lipinski definition) is 8. The van der Waals surface area contributed by atoms with Gasteiger partial charge in [0.1, 0.15) is 11.5 Å². The smallest absolute Gasteiger partial charge is 0.210 e. The predicted molar refractivity (Wildman–Crippen MR) is 145 cm³/mol. The van der Waals surface area contributed by atoms with Gasteiger partial charge in [-0.25, -0.2) is 4.98 Å². The number of carbonyl (C=O) groups excluding carboxylic acids is 1. The zero-order valence-corrected chi connectivity index (χ0v) is 22.9. The second kappa shape index (κ2) is 10.2. The molecule has 1 N–H and O–H groups in total. The van der Waals surface area contributed by atoms with Crippen LogP contribution in [0.5, 0.6) is 11.5 Å². The third-order valence-electron chi connectivity index (χ3n) is 6.79. The van der Waals surface area contributed by atoms with Crippen molar-refractivity contribution in [1.82, 2.24) is 29.3 Å². The van der Waals surface area contributed by atoms with Crippen molar-refractivity contribution in [2.45, 2.75) is 59.4 Å². The van der Waals surface area contributed by atoms with Gasteiger partial charge in [-0.3, -0.25) is 14.5 Å². The highest BCUT2D eigenvalue weighted by Gasteiger charge is 2.25. The number of rotatable bonds is 8. The molecular formula is C28H35N7O3. The number of ketones is 1. The van der Waals surface area contributed by atoms with Gasteiger partial charge in [0.05, 0.1) is 24.0 Å².